The van der Waals surface area contributed by atoms with Crippen LogP contribution in [0.25, 0.3) is 0 Å². The highest BCUT2D eigenvalue weighted by molar-refractivity contribution is 5.90. The monoisotopic (exact) mass is 291 g/mol. The zero-order chi connectivity index (χ0) is 15.4. The molecule has 8 heteroatoms. The van der Waals surface area contributed by atoms with Gasteiger partial charge in [-0.15, -0.1) is 0 Å². The average Bonchev–Trinajstić information content (AvgIpc) is 3.02. The third-order valence-corrected chi connectivity index (χ3v) is 3.03. The predicted octanol–water partition coefficient (Wildman–Crippen LogP) is 1.13. The average molecular weight is 291 g/mol. The van der Waals surface area contributed by atoms with Gasteiger partial charge in [-0.2, -0.15) is 10.2 Å². The quantitative estimate of drug-likeness (QED) is 0.830. The first-order valence-electron chi connectivity index (χ1n) is 6.60. The van der Waals surface area contributed by atoms with Gasteiger partial charge in [0.05, 0.1) is 6.54 Å². The summed E-state index contributed by atoms with van der Waals surface area (Å²) in [5.74, 6) is -0.800. The smallest absolute Gasteiger partial charge is 0.354 e. The first-order chi connectivity index (χ1) is 10.0. The van der Waals surface area contributed by atoms with Crippen LogP contribution in [-0.4, -0.2) is 36.5 Å². The van der Waals surface area contributed by atoms with Gasteiger partial charge in [-0.25, -0.2) is 4.79 Å². The van der Waals surface area contributed by atoms with E-state index >= 15 is 0 Å². The lowest BCUT2D eigenvalue weighted by Crippen LogP contribution is -2.17. The van der Waals surface area contributed by atoms with Crippen molar-refractivity contribution in [1.82, 2.24) is 19.6 Å². The Hall–Kier alpha value is -2.64. The largest absolute Gasteiger partial charge is 0.477 e. The Morgan fingerprint density at radius 1 is 1.38 bits per heavy atom. The van der Waals surface area contributed by atoms with E-state index in [0.717, 1.165) is 12.2 Å². The van der Waals surface area contributed by atoms with E-state index in [2.05, 4.69) is 15.5 Å². The number of carbonyl (C=O) groups is 2. The van der Waals surface area contributed by atoms with Crippen molar-refractivity contribution in [2.24, 2.45) is 0 Å². The van der Waals surface area contributed by atoms with Crippen LogP contribution in [0.5, 0.6) is 0 Å². The molecule has 0 bridgehead atoms. The highest BCUT2D eigenvalue weighted by Crippen LogP contribution is 2.09. The number of aryl methyl sites for hydroxylation is 3. The molecule has 0 aliphatic heterocycles. The van der Waals surface area contributed by atoms with Crippen LogP contribution < -0.4 is 5.32 Å². The molecule has 1 amide bonds. The zero-order valence-electron chi connectivity index (χ0n) is 11.9. The van der Waals surface area contributed by atoms with E-state index < -0.39 is 5.97 Å². The fraction of sp³-hybridized carbons (Fsp3) is 0.385. The second kappa shape index (κ2) is 6.21. The summed E-state index contributed by atoms with van der Waals surface area (Å²) >= 11 is 0. The van der Waals surface area contributed by atoms with E-state index in [1.807, 2.05) is 13.8 Å². The number of nitrogens with one attached hydrogen (secondary N) is 1. The number of carboxylic acid groups (broad SMARTS) is 1. The van der Waals surface area contributed by atoms with Crippen molar-refractivity contribution >= 4 is 17.7 Å². The van der Waals surface area contributed by atoms with Crippen molar-refractivity contribution < 1.29 is 14.7 Å². The molecule has 0 aliphatic rings. The maximum atomic E-state index is 11.8. The Morgan fingerprint density at radius 2 is 2.14 bits per heavy atom. The molecule has 2 heterocycles. The molecule has 0 atom stereocenters. The van der Waals surface area contributed by atoms with Crippen LogP contribution in [0.3, 0.4) is 0 Å². The number of carboxylic acids is 1. The van der Waals surface area contributed by atoms with Crippen molar-refractivity contribution in [3.05, 3.63) is 29.7 Å². The van der Waals surface area contributed by atoms with Gasteiger partial charge < -0.3 is 10.4 Å². The van der Waals surface area contributed by atoms with E-state index in [1.54, 1.807) is 10.7 Å². The molecule has 112 valence electrons. The Balaban J connectivity index is 1.92. The van der Waals surface area contributed by atoms with Crippen molar-refractivity contribution in [1.29, 1.82) is 0 Å². The van der Waals surface area contributed by atoms with Gasteiger partial charge in [0.1, 0.15) is 5.69 Å². The SMILES string of the molecule is CCn1nc(NC(=O)CCn2nccc2C(=O)O)cc1C. The van der Waals surface area contributed by atoms with Crippen LogP contribution in [0, 0.1) is 6.92 Å². The van der Waals surface area contributed by atoms with Gasteiger partial charge >= 0.3 is 5.97 Å². The molecule has 0 radical (unpaired) electrons. The van der Waals surface area contributed by atoms with Gasteiger partial charge in [-0.3, -0.25) is 14.2 Å². The first kappa shape index (κ1) is 14.8. The van der Waals surface area contributed by atoms with Crippen molar-refractivity contribution in [3.8, 4) is 0 Å². The number of nitrogens with zero attached hydrogens (tertiary/aromatic N) is 4. The maximum Gasteiger partial charge on any atom is 0.354 e. The van der Waals surface area contributed by atoms with E-state index in [4.69, 9.17) is 5.11 Å². The van der Waals surface area contributed by atoms with Crippen LogP contribution in [0.4, 0.5) is 5.82 Å². The van der Waals surface area contributed by atoms with Crippen LogP contribution in [-0.2, 0) is 17.9 Å². The third kappa shape index (κ3) is 3.47. The topological polar surface area (TPSA) is 102 Å². The number of hydrogen-bond donors (Lipinski definition) is 2. The second-order valence-corrected chi connectivity index (χ2v) is 4.53. The molecule has 0 saturated carbocycles. The van der Waals surface area contributed by atoms with Crippen LogP contribution in [0.15, 0.2) is 18.3 Å². The molecule has 0 aromatic carbocycles. The van der Waals surface area contributed by atoms with Gasteiger partial charge in [0.2, 0.25) is 5.91 Å². The van der Waals surface area contributed by atoms with Crippen LogP contribution in [0.1, 0.15) is 29.5 Å². The number of rotatable bonds is 6. The summed E-state index contributed by atoms with van der Waals surface area (Å²) in [6.45, 7) is 4.82. The minimum Gasteiger partial charge on any atom is -0.477 e. The van der Waals surface area contributed by atoms with E-state index in [1.165, 1.54) is 16.9 Å². The van der Waals surface area contributed by atoms with Gasteiger partial charge in [-0.05, 0) is 19.9 Å². The van der Waals surface area contributed by atoms with Crippen molar-refractivity contribution in [2.75, 3.05) is 5.32 Å². The number of anilines is 1. The molecule has 0 spiro atoms. The lowest BCUT2D eigenvalue weighted by Gasteiger charge is -2.04. The number of aromatic carboxylic acids is 1. The maximum absolute atomic E-state index is 11.8. The number of amides is 1. The van der Waals surface area contributed by atoms with Gasteiger partial charge in [0.25, 0.3) is 0 Å². The lowest BCUT2D eigenvalue weighted by molar-refractivity contribution is -0.116. The van der Waals surface area contributed by atoms with E-state index in [0.29, 0.717) is 5.82 Å². The Bertz CT molecular complexity index is 659. The van der Waals surface area contributed by atoms with Crippen molar-refractivity contribution in [2.45, 2.75) is 33.4 Å². The van der Waals surface area contributed by atoms with Gasteiger partial charge in [0.15, 0.2) is 5.82 Å². The summed E-state index contributed by atoms with van der Waals surface area (Å²) in [6.07, 6.45) is 1.52. The molecule has 2 rings (SSSR count). The summed E-state index contributed by atoms with van der Waals surface area (Å²) in [5, 5.41) is 19.7. The number of carbonyl (C=O) groups excluding carboxylic acids is 1. The van der Waals surface area contributed by atoms with E-state index in [-0.39, 0.29) is 24.6 Å². The van der Waals surface area contributed by atoms with Gasteiger partial charge in [0, 0.05) is 30.9 Å². The van der Waals surface area contributed by atoms with Crippen LogP contribution >= 0.6 is 0 Å². The fourth-order valence-corrected chi connectivity index (χ4v) is 2.00. The molecular formula is C13H17N5O3. The molecule has 2 N–H and O–H groups in total. The molecule has 0 unspecified atom stereocenters. The second-order valence-electron chi connectivity index (χ2n) is 4.53. The Morgan fingerprint density at radius 3 is 2.76 bits per heavy atom. The summed E-state index contributed by atoms with van der Waals surface area (Å²) in [4.78, 5) is 22.8. The minimum atomic E-state index is -1.06. The third-order valence-electron chi connectivity index (χ3n) is 3.03. The highest BCUT2D eigenvalue weighted by atomic mass is 16.4. The van der Waals surface area contributed by atoms with E-state index in [9.17, 15) is 9.59 Å². The normalized spacial score (nSPS) is 10.6. The standard InChI is InChI=1S/C13H17N5O3/c1-3-17-9(2)8-11(16-17)15-12(19)5-7-18-10(13(20)21)4-6-14-18/h4,6,8H,3,5,7H2,1-2H3,(H,20,21)(H,15,16,19). The van der Waals surface area contributed by atoms with Gasteiger partial charge in [-0.1, -0.05) is 0 Å². The Kier molecular flexibility index (Phi) is 4.36. The summed E-state index contributed by atoms with van der Waals surface area (Å²) in [6, 6.07) is 3.19. The summed E-state index contributed by atoms with van der Waals surface area (Å²) in [5.41, 5.74) is 1.03. The number of aromatic nitrogens is 4. The highest BCUT2D eigenvalue weighted by Gasteiger charge is 2.12. The first-order valence-corrected chi connectivity index (χ1v) is 6.60. The minimum absolute atomic E-state index is 0.0638. The predicted molar refractivity (Wildman–Crippen MR) is 75.1 cm³/mol. The molecule has 0 saturated heterocycles. The molecular weight excluding hydrogens is 274 g/mol. The molecule has 2 aromatic heterocycles. The molecule has 0 aliphatic carbocycles. The lowest BCUT2D eigenvalue weighted by atomic mass is 10.3. The molecule has 0 fully saturated rings. The molecule has 8 nitrogen and oxygen atoms in total. The van der Waals surface area contributed by atoms with Crippen LogP contribution in [0.2, 0.25) is 0 Å². The number of hydrogen-bond acceptors (Lipinski definition) is 4. The molecule has 2 aromatic rings. The molecule has 21 heavy (non-hydrogen) atoms. The summed E-state index contributed by atoms with van der Waals surface area (Å²) in [7, 11) is 0. The Labute approximate surface area is 121 Å². The van der Waals surface area contributed by atoms with Crippen molar-refractivity contribution in [3.63, 3.8) is 0 Å². The zero-order valence-corrected chi connectivity index (χ0v) is 11.9. The summed E-state index contributed by atoms with van der Waals surface area (Å²) < 4.78 is 3.07. The fourth-order valence-electron chi connectivity index (χ4n) is 2.00.